The minimum absolute atomic E-state index is 0.212. The molecule has 0 atom stereocenters. The molecule has 3 nitrogen and oxygen atoms in total. The topological polar surface area (TPSA) is 40.7 Å². The minimum Gasteiger partial charge on any atom is -0.380 e. The maximum absolute atomic E-state index is 12.8. The predicted molar refractivity (Wildman–Crippen MR) is 69.8 cm³/mol. The average Bonchev–Trinajstić information content (AvgIpc) is 2.87. The van der Waals surface area contributed by atoms with E-state index in [2.05, 4.69) is 15.5 Å². The van der Waals surface area contributed by atoms with Crippen LogP contribution >= 0.6 is 0 Å². The number of aromatic nitrogens is 2. The molecule has 0 aliphatic carbocycles. The number of rotatable bonds is 3. The van der Waals surface area contributed by atoms with Crippen LogP contribution in [0.15, 0.2) is 48.7 Å². The van der Waals surface area contributed by atoms with Gasteiger partial charge in [0.05, 0.1) is 11.7 Å². The second-order valence-corrected chi connectivity index (χ2v) is 4.12. The molecule has 0 amide bonds. The molecule has 3 aromatic rings. The summed E-state index contributed by atoms with van der Waals surface area (Å²) in [6.45, 7) is 0.657. The van der Waals surface area contributed by atoms with Gasteiger partial charge in [-0.2, -0.15) is 5.10 Å². The first kappa shape index (κ1) is 10.8. The predicted octanol–water partition coefficient (Wildman–Crippen LogP) is 3.31. The van der Waals surface area contributed by atoms with Gasteiger partial charge in [-0.1, -0.05) is 18.2 Å². The lowest BCUT2D eigenvalue weighted by Gasteiger charge is -2.07. The number of nitrogens with one attached hydrogen (secondary N) is 2. The number of anilines is 1. The molecular weight excluding hydrogens is 229 g/mol. The second-order valence-electron chi connectivity index (χ2n) is 4.12. The molecule has 0 bridgehead atoms. The van der Waals surface area contributed by atoms with E-state index in [1.807, 2.05) is 18.2 Å². The Bertz CT molecular complexity index is 658. The van der Waals surface area contributed by atoms with Gasteiger partial charge in [-0.3, -0.25) is 5.10 Å². The third-order valence-corrected chi connectivity index (χ3v) is 2.88. The first-order valence-electron chi connectivity index (χ1n) is 5.73. The highest BCUT2D eigenvalue weighted by atomic mass is 19.1. The number of halogens is 1. The molecular formula is C14H12FN3. The lowest BCUT2D eigenvalue weighted by Crippen LogP contribution is -1.99. The molecule has 0 radical (unpaired) electrons. The number of hydrogen-bond acceptors (Lipinski definition) is 2. The van der Waals surface area contributed by atoms with Crippen molar-refractivity contribution in [2.45, 2.75) is 6.54 Å². The fraction of sp³-hybridized carbons (Fsp3) is 0.0714. The Kier molecular flexibility index (Phi) is 2.68. The molecule has 4 heteroatoms. The smallest absolute Gasteiger partial charge is 0.123 e. The van der Waals surface area contributed by atoms with Crippen molar-refractivity contribution >= 4 is 16.6 Å². The van der Waals surface area contributed by atoms with E-state index in [1.165, 1.54) is 12.1 Å². The van der Waals surface area contributed by atoms with Crippen molar-refractivity contribution in [3.63, 3.8) is 0 Å². The van der Waals surface area contributed by atoms with Crippen molar-refractivity contribution in [3.05, 3.63) is 60.0 Å². The summed E-state index contributed by atoms with van der Waals surface area (Å²) >= 11 is 0. The maximum atomic E-state index is 12.8. The van der Waals surface area contributed by atoms with Crippen molar-refractivity contribution in [1.82, 2.24) is 10.2 Å². The summed E-state index contributed by atoms with van der Waals surface area (Å²) in [5, 5.41) is 11.3. The number of H-pyrrole nitrogens is 1. The van der Waals surface area contributed by atoms with Gasteiger partial charge in [-0.25, -0.2) is 4.39 Å². The summed E-state index contributed by atoms with van der Waals surface area (Å²) < 4.78 is 12.8. The van der Waals surface area contributed by atoms with Gasteiger partial charge in [-0.05, 0) is 29.8 Å². The van der Waals surface area contributed by atoms with E-state index in [4.69, 9.17) is 0 Å². The summed E-state index contributed by atoms with van der Waals surface area (Å²) in [5.74, 6) is -0.212. The zero-order valence-electron chi connectivity index (χ0n) is 9.65. The lowest BCUT2D eigenvalue weighted by molar-refractivity contribution is 0.627. The van der Waals surface area contributed by atoms with Gasteiger partial charge in [0.25, 0.3) is 0 Å². The SMILES string of the molecule is Fc1ccc(CNc2cccc3[nH]ncc23)cc1. The Morgan fingerprint density at radius 1 is 1.11 bits per heavy atom. The number of nitrogens with zero attached hydrogens (tertiary/aromatic N) is 1. The van der Waals surface area contributed by atoms with E-state index < -0.39 is 0 Å². The number of hydrogen-bond donors (Lipinski definition) is 2. The molecule has 0 aliphatic rings. The van der Waals surface area contributed by atoms with Crippen LogP contribution in [0.3, 0.4) is 0 Å². The van der Waals surface area contributed by atoms with Crippen molar-refractivity contribution < 1.29 is 4.39 Å². The summed E-state index contributed by atoms with van der Waals surface area (Å²) in [6.07, 6.45) is 1.79. The molecule has 3 rings (SSSR count). The molecule has 2 N–H and O–H groups in total. The van der Waals surface area contributed by atoms with Gasteiger partial charge in [0.2, 0.25) is 0 Å². The summed E-state index contributed by atoms with van der Waals surface area (Å²) in [6, 6.07) is 12.4. The molecule has 0 unspecified atom stereocenters. The monoisotopic (exact) mass is 241 g/mol. The zero-order valence-corrected chi connectivity index (χ0v) is 9.65. The van der Waals surface area contributed by atoms with Crippen LogP contribution in [0.4, 0.5) is 10.1 Å². The van der Waals surface area contributed by atoms with Crippen LogP contribution in [0.5, 0.6) is 0 Å². The number of benzene rings is 2. The molecule has 2 aromatic carbocycles. The third kappa shape index (κ3) is 2.05. The Balaban J connectivity index is 1.80. The molecule has 1 aromatic heterocycles. The standard InChI is InChI=1S/C14H12FN3/c15-11-6-4-10(5-7-11)8-16-13-2-1-3-14-12(13)9-17-18-14/h1-7,9,16H,8H2,(H,17,18). The third-order valence-electron chi connectivity index (χ3n) is 2.88. The van der Waals surface area contributed by atoms with Crippen LogP contribution in [0.1, 0.15) is 5.56 Å². The maximum Gasteiger partial charge on any atom is 0.123 e. The quantitative estimate of drug-likeness (QED) is 0.738. The van der Waals surface area contributed by atoms with Gasteiger partial charge in [0, 0.05) is 17.6 Å². The lowest BCUT2D eigenvalue weighted by atomic mass is 10.2. The average molecular weight is 241 g/mol. The fourth-order valence-electron chi connectivity index (χ4n) is 1.92. The van der Waals surface area contributed by atoms with Gasteiger partial charge < -0.3 is 5.32 Å². The molecule has 18 heavy (non-hydrogen) atoms. The van der Waals surface area contributed by atoms with Gasteiger partial charge in [0.15, 0.2) is 0 Å². The molecule has 1 heterocycles. The molecule has 0 spiro atoms. The van der Waals surface area contributed by atoms with Crippen LogP contribution < -0.4 is 5.32 Å². The van der Waals surface area contributed by atoms with Gasteiger partial charge in [-0.15, -0.1) is 0 Å². The van der Waals surface area contributed by atoms with E-state index in [-0.39, 0.29) is 5.82 Å². The van der Waals surface area contributed by atoms with Crippen molar-refractivity contribution in [1.29, 1.82) is 0 Å². The summed E-state index contributed by atoms with van der Waals surface area (Å²) in [7, 11) is 0. The van der Waals surface area contributed by atoms with Gasteiger partial charge >= 0.3 is 0 Å². The largest absolute Gasteiger partial charge is 0.380 e. The fourth-order valence-corrected chi connectivity index (χ4v) is 1.92. The summed E-state index contributed by atoms with van der Waals surface area (Å²) in [4.78, 5) is 0. The van der Waals surface area contributed by atoms with Crippen molar-refractivity contribution in [2.75, 3.05) is 5.32 Å². The highest BCUT2D eigenvalue weighted by molar-refractivity contribution is 5.90. The first-order valence-corrected chi connectivity index (χ1v) is 5.73. The highest BCUT2D eigenvalue weighted by Gasteiger charge is 2.01. The summed E-state index contributed by atoms with van der Waals surface area (Å²) in [5.41, 5.74) is 3.06. The molecule has 90 valence electrons. The van der Waals surface area contributed by atoms with Crippen LogP contribution in [0.2, 0.25) is 0 Å². The van der Waals surface area contributed by atoms with Gasteiger partial charge in [0.1, 0.15) is 5.82 Å². The molecule has 0 aliphatic heterocycles. The Hall–Kier alpha value is -2.36. The van der Waals surface area contributed by atoms with E-state index in [9.17, 15) is 4.39 Å². The molecule has 0 fully saturated rings. The number of fused-ring (bicyclic) bond motifs is 1. The van der Waals surface area contributed by atoms with E-state index in [0.717, 1.165) is 22.2 Å². The normalized spacial score (nSPS) is 10.7. The van der Waals surface area contributed by atoms with Crippen LogP contribution in [-0.4, -0.2) is 10.2 Å². The van der Waals surface area contributed by atoms with Crippen LogP contribution in [-0.2, 0) is 6.54 Å². The Labute approximate surface area is 104 Å². The van der Waals surface area contributed by atoms with Crippen molar-refractivity contribution in [2.24, 2.45) is 0 Å². The molecule has 0 saturated carbocycles. The molecule has 0 saturated heterocycles. The number of aromatic amines is 1. The highest BCUT2D eigenvalue weighted by Crippen LogP contribution is 2.21. The zero-order chi connectivity index (χ0) is 12.4. The van der Waals surface area contributed by atoms with Crippen LogP contribution in [0.25, 0.3) is 10.9 Å². The first-order chi connectivity index (χ1) is 8.83. The van der Waals surface area contributed by atoms with Crippen LogP contribution in [0, 0.1) is 5.82 Å². The van der Waals surface area contributed by atoms with E-state index in [1.54, 1.807) is 18.3 Å². The second kappa shape index (κ2) is 4.49. The Morgan fingerprint density at radius 2 is 1.94 bits per heavy atom. The Morgan fingerprint density at radius 3 is 2.78 bits per heavy atom. The van der Waals surface area contributed by atoms with E-state index in [0.29, 0.717) is 6.54 Å². The minimum atomic E-state index is -0.212. The van der Waals surface area contributed by atoms with Crippen molar-refractivity contribution in [3.8, 4) is 0 Å². The van der Waals surface area contributed by atoms with E-state index >= 15 is 0 Å².